The second-order valence-corrected chi connectivity index (χ2v) is 9.11. The van der Waals surface area contributed by atoms with Crippen LogP contribution in [0, 0.1) is 29.1 Å². The third-order valence-electron chi connectivity index (χ3n) is 6.08. The summed E-state index contributed by atoms with van der Waals surface area (Å²) in [5, 5.41) is 0. The molecule has 4 rings (SSSR count). The third kappa shape index (κ3) is 6.98. The molecule has 4 aromatic carbocycles. The first-order valence-corrected chi connectivity index (χ1v) is 12.5. The van der Waals surface area contributed by atoms with Crippen LogP contribution in [0.5, 0.6) is 17.2 Å². The quantitative estimate of drug-likeness (QED) is 0.157. The van der Waals surface area contributed by atoms with E-state index in [0.717, 1.165) is 36.2 Å². The summed E-state index contributed by atoms with van der Waals surface area (Å²) >= 11 is 0. The standard InChI is InChI=1S/C30H20F10O3/c1-2-3-16-4-6-18(7-5-16)29(37,38)42-19-8-9-21(22(32)12-19)17-10-23(33)27(24(34)11-17)30(39,40)43-20-13-25(35)28(41-15-31)26(36)14-20/h4-14H,2-3,15H2,1H3. The van der Waals surface area contributed by atoms with Gasteiger partial charge < -0.3 is 14.2 Å². The molecule has 0 atom stereocenters. The molecule has 4 aromatic rings. The molecule has 0 saturated heterocycles. The first-order chi connectivity index (χ1) is 20.3. The maximum absolute atomic E-state index is 14.9. The maximum atomic E-state index is 14.9. The lowest BCUT2D eigenvalue weighted by Crippen LogP contribution is -2.25. The summed E-state index contributed by atoms with van der Waals surface area (Å²) in [6.07, 6.45) is -7.22. The highest BCUT2D eigenvalue weighted by molar-refractivity contribution is 5.66. The van der Waals surface area contributed by atoms with Gasteiger partial charge in [-0.1, -0.05) is 25.5 Å². The summed E-state index contributed by atoms with van der Waals surface area (Å²) in [6.45, 7) is 0.288. The van der Waals surface area contributed by atoms with E-state index in [-0.39, 0.29) is 12.1 Å². The van der Waals surface area contributed by atoms with Crippen LogP contribution in [0.15, 0.2) is 66.7 Å². The van der Waals surface area contributed by atoms with Gasteiger partial charge in [-0.3, -0.25) is 0 Å². The number of rotatable bonds is 11. The van der Waals surface area contributed by atoms with E-state index in [4.69, 9.17) is 0 Å². The molecular weight excluding hydrogens is 598 g/mol. The summed E-state index contributed by atoms with van der Waals surface area (Å²) in [7, 11) is 0. The van der Waals surface area contributed by atoms with Crippen molar-refractivity contribution in [2.75, 3.05) is 6.86 Å². The van der Waals surface area contributed by atoms with Gasteiger partial charge in [-0.2, -0.15) is 17.6 Å². The lowest BCUT2D eigenvalue weighted by Gasteiger charge is -2.21. The van der Waals surface area contributed by atoms with E-state index < -0.39 is 87.7 Å². The highest BCUT2D eigenvalue weighted by atomic mass is 19.3. The van der Waals surface area contributed by atoms with Crippen molar-refractivity contribution in [1.82, 2.24) is 0 Å². The van der Waals surface area contributed by atoms with E-state index in [2.05, 4.69) is 14.2 Å². The summed E-state index contributed by atoms with van der Waals surface area (Å²) in [5.41, 5.74) is -2.81. The van der Waals surface area contributed by atoms with Crippen LogP contribution in [-0.2, 0) is 18.6 Å². The number of halogens is 10. The minimum Gasteiger partial charge on any atom is -0.457 e. The van der Waals surface area contributed by atoms with Gasteiger partial charge in [0.25, 0.3) is 0 Å². The Kier molecular flexibility index (Phi) is 9.12. The molecule has 0 fully saturated rings. The zero-order chi connectivity index (χ0) is 31.5. The van der Waals surface area contributed by atoms with Crippen LogP contribution < -0.4 is 14.2 Å². The van der Waals surface area contributed by atoms with E-state index in [1.807, 2.05) is 6.92 Å². The van der Waals surface area contributed by atoms with E-state index in [9.17, 15) is 43.9 Å². The summed E-state index contributed by atoms with van der Waals surface area (Å²) in [6, 6.07) is 8.56. The van der Waals surface area contributed by atoms with E-state index in [1.54, 1.807) is 0 Å². The topological polar surface area (TPSA) is 27.7 Å². The minimum atomic E-state index is -4.84. The van der Waals surface area contributed by atoms with Crippen molar-refractivity contribution in [3.05, 3.63) is 113 Å². The van der Waals surface area contributed by atoms with Gasteiger partial charge in [-0.05, 0) is 53.9 Å². The molecule has 228 valence electrons. The Balaban J connectivity index is 1.57. The van der Waals surface area contributed by atoms with Gasteiger partial charge in [-0.25, -0.2) is 26.3 Å². The van der Waals surface area contributed by atoms with Crippen molar-refractivity contribution in [1.29, 1.82) is 0 Å². The largest absolute Gasteiger partial charge is 0.457 e. The molecule has 13 heteroatoms. The average Bonchev–Trinajstić information content (AvgIpc) is 2.90. The van der Waals surface area contributed by atoms with E-state index in [0.29, 0.717) is 24.6 Å². The van der Waals surface area contributed by atoms with Crippen LogP contribution in [-0.4, -0.2) is 6.86 Å². The molecule has 0 aromatic heterocycles. The van der Waals surface area contributed by atoms with Crippen molar-refractivity contribution in [3.63, 3.8) is 0 Å². The maximum Gasteiger partial charge on any atom is 0.432 e. The Morgan fingerprint density at radius 3 is 1.72 bits per heavy atom. The lowest BCUT2D eigenvalue weighted by molar-refractivity contribution is -0.189. The van der Waals surface area contributed by atoms with Gasteiger partial charge in [0.2, 0.25) is 6.86 Å². The molecule has 0 unspecified atom stereocenters. The van der Waals surface area contributed by atoms with E-state index >= 15 is 0 Å². The van der Waals surface area contributed by atoms with Crippen molar-refractivity contribution < 1.29 is 58.1 Å². The Bertz CT molecular complexity index is 1560. The second-order valence-electron chi connectivity index (χ2n) is 9.11. The third-order valence-corrected chi connectivity index (χ3v) is 6.08. The summed E-state index contributed by atoms with van der Waals surface area (Å²) in [4.78, 5) is 0. The van der Waals surface area contributed by atoms with Gasteiger partial charge in [0.15, 0.2) is 17.4 Å². The smallest absolute Gasteiger partial charge is 0.432 e. The zero-order valence-corrected chi connectivity index (χ0v) is 22.0. The Labute approximate surface area is 238 Å². The number of hydrogen-bond donors (Lipinski definition) is 0. The van der Waals surface area contributed by atoms with Crippen LogP contribution in [0.2, 0.25) is 0 Å². The molecule has 3 nitrogen and oxygen atoms in total. The van der Waals surface area contributed by atoms with Gasteiger partial charge in [0.1, 0.15) is 34.5 Å². The van der Waals surface area contributed by atoms with Crippen LogP contribution >= 0.6 is 0 Å². The average molecular weight is 618 g/mol. The molecule has 0 heterocycles. The summed E-state index contributed by atoms with van der Waals surface area (Å²) < 4.78 is 156. The molecule has 0 radical (unpaired) electrons. The van der Waals surface area contributed by atoms with Gasteiger partial charge in [0, 0.05) is 23.8 Å². The van der Waals surface area contributed by atoms with Gasteiger partial charge in [-0.15, -0.1) is 0 Å². The molecule has 0 N–H and O–H groups in total. The minimum absolute atomic E-state index is 0.177. The highest BCUT2D eigenvalue weighted by Crippen LogP contribution is 2.40. The first kappa shape index (κ1) is 31.5. The van der Waals surface area contributed by atoms with Crippen molar-refractivity contribution in [2.45, 2.75) is 32.0 Å². The van der Waals surface area contributed by atoms with Crippen molar-refractivity contribution in [2.24, 2.45) is 0 Å². The second kappa shape index (κ2) is 12.4. The van der Waals surface area contributed by atoms with E-state index in [1.165, 1.54) is 12.1 Å². The monoisotopic (exact) mass is 618 g/mol. The fourth-order valence-corrected chi connectivity index (χ4v) is 4.15. The zero-order valence-electron chi connectivity index (χ0n) is 22.0. The number of aryl methyl sites for hydroxylation is 1. The molecule has 0 aliphatic heterocycles. The molecule has 0 aliphatic carbocycles. The molecule has 0 bridgehead atoms. The predicted molar refractivity (Wildman–Crippen MR) is 134 cm³/mol. The molecule has 0 aliphatic rings. The Hall–Kier alpha value is -4.42. The van der Waals surface area contributed by atoms with Crippen molar-refractivity contribution >= 4 is 0 Å². The number of benzene rings is 4. The fraction of sp³-hybridized carbons (Fsp3) is 0.200. The Morgan fingerprint density at radius 2 is 1.19 bits per heavy atom. The Morgan fingerprint density at radius 1 is 0.628 bits per heavy atom. The van der Waals surface area contributed by atoms with Gasteiger partial charge >= 0.3 is 12.2 Å². The van der Waals surface area contributed by atoms with Gasteiger partial charge in [0.05, 0.1) is 5.56 Å². The molecule has 0 amide bonds. The number of ether oxygens (including phenoxy) is 3. The molecule has 0 saturated carbocycles. The molecule has 43 heavy (non-hydrogen) atoms. The SMILES string of the molecule is CCCc1ccc(C(F)(F)Oc2ccc(-c3cc(F)c(C(F)(F)Oc4cc(F)c(OCF)c(F)c4)c(F)c3)c(F)c2)cc1. The van der Waals surface area contributed by atoms with Crippen LogP contribution in [0.25, 0.3) is 11.1 Å². The lowest BCUT2D eigenvalue weighted by atomic mass is 10.0. The van der Waals surface area contributed by atoms with Crippen LogP contribution in [0.4, 0.5) is 43.9 Å². The first-order valence-electron chi connectivity index (χ1n) is 12.5. The van der Waals surface area contributed by atoms with Crippen molar-refractivity contribution in [3.8, 4) is 28.4 Å². The normalized spacial score (nSPS) is 11.9. The molecular formula is C30H20F10O3. The fourth-order valence-electron chi connectivity index (χ4n) is 4.15. The highest BCUT2D eigenvalue weighted by Gasteiger charge is 2.42. The summed E-state index contributed by atoms with van der Waals surface area (Å²) in [5.74, 6) is -11.5. The molecule has 0 spiro atoms. The number of hydrogen-bond acceptors (Lipinski definition) is 3. The van der Waals surface area contributed by atoms with Crippen LogP contribution in [0.1, 0.15) is 30.0 Å². The predicted octanol–water partition coefficient (Wildman–Crippen LogP) is 9.56. The number of alkyl halides is 5. The van der Waals surface area contributed by atoms with Crippen LogP contribution in [0.3, 0.4) is 0 Å².